The summed E-state index contributed by atoms with van der Waals surface area (Å²) in [6.07, 6.45) is 5.97. The fourth-order valence-electron chi connectivity index (χ4n) is 2.91. The van der Waals surface area contributed by atoms with Crippen LogP contribution >= 0.6 is 23.5 Å². The number of thioether (sulfide) groups is 2. The van der Waals surface area contributed by atoms with Crippen LogP contribution < -0.4 is 5.32 Å². The van der Waals surface area contributed by atoms with Crippen LogP contribution in [0.5, 0.6) is 0 Å². The van der Waals surface area contributed by atoms with Gasteiger partial charge in [-0.25, -0.2) is 0 Å². The molecule has 3 unspecified atom stereocenters. The fraction of sp³-hybridized carbons (Fsp3) is 1.00. The van der Waals surface area contributed by atoms with Gasteiger partial charge in [0.2, 0.25) is 0 Å². The van der Waals surface area contributed by atoms with Gasteiger partial charge in [0.25, 0.3) is 0 Å². The zero-order chi connectivity index (χ0) is 11.4. The Balaban J connectivity index is 1.94. The van der Waals surface area contributed by atoms with Crippen molar-refractivity contribution in [3.63, 3.8) is 0 Å². The highest BCUT2D eigenvalue weighted by Gasteiger charge is 2.42. The van der Waals surface area contributed by atoms with Crippen LogP contribution in [0.25, 0.3) is 0 Å². The summed E-state index contributed by atoms with van der Waals surface area (Å²) in [5.41, 5.74) is 0.237. The molecule has 0 aromatic rings. The predicted octanol–water partition coefficient (Wildman–Crippen LogP) is 2.24. The molecule has 1 spiro atoms. The fourth-order valence-corrected chi connectivity index (χ4v) is 5.08. The van der Waals surface area contributed by atoms with Crippen molar-refractivity contribution >= 4 is 23.5 Å². The van der Waals surface area contributed by atoms with Gasteiger partial charge >= 0.3 is 0 Å². The van der Waals surface area contributed by atoms with Gasteiger partial charge in [0.1, 0.15) is 0 Å². The minimum atomic E-state index is 0.237. The monoisotopic (exact) mass is 261 g/mol. The lowest BCUT2D eigenvalue weighted by Crippen LogP contribution is -2.47. The molecule has 2 nitrogen and oxygen atoms in total. The predicted molar refractivity (Wildman–Crippen MR) is 74.6 cm³/mol. The molecule has 2 rings (SSSR count). The molecule has 2 aliphatic heterocycles. The van der Waals surface area contributed by atoms with Crippen molar-refractivity contribution in [1.82, 2.24) is 5.32 Å². The summed E-state index contributed by atoms with van der Waals surface area (Å²) in [6.45, 7) is 0.970. The Bertz CT molecular complexity index is 219. The summed E-state index contributed by atoms with van der Waals surface area (Å²) in [4.78, 5) is 0. The van der Waals surface area contributed by atoms with Crippen LogP contribution in [0, 0.1) is 5.92 Å². The molecule has 0 aliphatic carbocycles. The summed E-state index contributed by atoms with van der Waals surface area (Å²) in [6, 6.07) is 0.668. The van der Waals surface area contributed by atoms with E-state index < -0.39 is 0 Å². The van der Waals surface area contributed by atoms with Crippen molar-refractivity contribution in [3.8, 4) is 0 Å². The molecule has 0 bridgehead atoms. The lowest BCUT2D eigenvalue weighted by Gasteiger charge is -2.40. The summed E-state index contributed by atoms with van der Waals surface area (Å²) in [5.74, 6) is 4.55. The molecule has 0 saturated carbocycles. The first-order chi connectivity index (χ1) is 7.79. The Hall–Kier alpha value is 0.620. The van der Waals surface area contributed by atoms with E-state index in [1.54, 1.807) is 0 Å². The highest BCUT2D eigenvalue weighted by atomic mass is 32.2. The normalized spacial score (nSPS) is 36.8. The number of nitrogens with one attached hydrogen (secondary N) is 1. The van der Waals surface area contributed by atoms with Crippen molar-refractivity contribution < 1.29 is 4.74 Å². The van der Waals surface area contributed by atoms with E-state index in [1.165, 1.54) is 36.5 Å². The van der Waals surface area contributed by atoms with Crippen molar-refractivity contribution in [2.45, 2.75) is 30.9 Å². The van der Waals surface area contributed by atoms with Crippen LogP contribution in [0.15, 0.2) is 0 Å². The zero-order valence-electron chi connectivity index (χ0n) is 10.3. The Kier molecular flexibility index (Phi) is 4.89. The SMILES string of the molecule is CNC(CSC)C1CCOC2(CCSC2)C1. The molecule has 94 valence electrons. The van der Waals surface area contributed by atoms with E-state index in [4.69, 9.17) is 4.74 Å². The summed E-state index contributed by atoms with van der Waals surface area (Å²) in [5, 5.41) is 3.50. The van der Waals surface area contributed by atoms with E-state index in [1.807, 2.05) is 11.8 Å². The molecule has 0 amide bonds. The summed E-state index contributed by atoms with van der Waals surface area (Å²) < 4.78 is 6.07. The van der Waals surface area contributed by atoms with Crippen molar-refractivity contribution in [2.75, 3.05) is 37.2 Å². The van der Waals surface area contributed by atoms with Crippen molar-refractivity contribution in [1.29, 1.82) is 0 Å². The highest BCUT2D eigenvalue weighted by Crippen LogP contribution is 2.41. The molecule has 0 aromatic carbocycles. The van der Waals surface area contributed by atoms with Crippen LogP contribution in [-0.4, -0.2) is 48.8 Å². The minimum absolute atomic E-state index is 0.237. The quantitative estimate of drug-likeness (QED) is 0.837. The van der Waals surface area contributed by atoms with Gasteiger partial charge in [0.05, 0.1) is 5.60 Å². The van der Waals surface area contributed by atoms with Crippen molar-refractivity contribution in [2.24, 2.45) is 5.92 Å². The molecule has 0 aromatic heterocycles. The van der Waals surface area contributed by atoms with Crippen LogP contribution in [-0.2, 0) is 4.74 Å². The average molecular weight is 261 g/mol. The molecule has 0 radical (unpaired) electrons. The second kappa shape index (κ2) is 5.98. The number of hydrogen-bond acceptors (Lipinski definition) is 4. The second-order valence-corrected chi connectivity index (χ2v) is 6.95. The van der Waals surface area contributed by atoms with Gasteiger partial charge in [-0.2, -0.15) is 23.5 Å². The lowest BCUT2D eigenvalue weighted by molar-refractivity contribution is -0.0835. The Labute approximate surface area is 108 Å². The van der Waals surface area contributed by atoms with Gasteiger partial charge in [-0.1, -0.05) is 0 Å². The van der Waals surface area contributed by atoms with Gasteiger partial charge in [-0.3, -0.25) is 0 Å². The standard InChI is InChI=1S/C12H23NOS2/c1-13-11(8-15-2)10-3-5-14-12(7-10)4-6-16-9-12/h10-11,13H,3-9H2,1-2H3. The largest absolute Gasteiger partial charge is 0.374 e. The van der Waals surface area contributed by atoms with E-state index in [2.05, 4.69) is 30.4 Å². The third-order valence-corrected chi connectivity index (χ3v) is 5.80. The Morgan fingerprint density at radius 3 is 3.12 bits per heavy atom. The van der Waals surface area contributed by atoms with Crippen LogP contribution in [0.3, 0.4) is 0 Å². The molecule has 1 N–H and O–H groups in total. The van der Waals surface area contributed by atoms with Gasteiger partial charge < -0.3 is 10.1 Å². The molecule has 16 heavy (non-hydrogen) atoms. The maximum Gasteiger partial charge on any atom is 0.0783 e. The maximum absolute atomic E-state index is 6.07. The van der Waals surface area contributed by atoms with E-state index in [0.717, 1.165) is 12.5 Å². The van der Waals surface area contributed by atoms with Gasteiger partial charge in [0, 0.05) is 24.2 Å². The molecule has 2 heterocycles. The first kappa shape index (κ1) is 13.1. The summed E-state index contributed by atoms with van der Waals surface area (Å²) >= 11 is 4.01. The zero-order valence-corrected chi connectivity index (χ0v) is 12.0. The molecule has 2 aliphatic rings. The third kappa shape index (κ3) is 2.89. The van der Waals surface area contributed by atoms with E-state index >= 15 is 0 Å². The van der Waals surface area contributed by atoms with E-state index in [9.17, 15) is 0 Å². The summed E-state index contributed by atoms with van der Waals surface area (Å²) in [7, 11) is 2.10. The van der Waals surface area contributed by atoms with Gasteiger partial charge in [-0.15, -0.1) is 0 Å². The van der Waals surface area contributed by atoms with Crippen LogP contribution in [0.2, 0.25) is 0 Å². The first-order valence-electron chi connectivity index (χ1n) is 6.17. The topological polar surface area (TPSA) is 21.3 Å². The number of rotatable bonds is 4. The highest BCUT2D eigenvalue weighted by molar-refractivity contribution is 7.99. The van der Waals surface area contributed by atoms with E-state index in [-0.39, 0.29) is 5.60 Å². The average Bonchev–Trinajstić information content (AvgIpc) is 2.74. The number of ether oxygens (including phenoxy) is 1. The molecule has 2 saturated heterocycles. The Morgan fingerprint density at radius 2 is 2.50 bits per heavy atom. The van der Waals surface area contributed by atoms with Crippen molar-refractivity contribution in [3.05, 3.63) is 0 Å². The molecule has 2 fully saturated rings. The Morgan fingerprint density at radius 1 is 1.62 bits per heavy atom. The van der Waals surface area contributed by atoms with Gasteiger partial charge in [-0.05, 0) is 44.2 Å². The third-order valence-electron chi connectivity index (χ3n) is 3.88. The van der Waals surface area contributed by atoms with Crippen LogP contribution in [0.1, 0.15) is 19.3 Å². The molecular formula is C12H23NOS2. The van der Waals surface area contributed by atoms with E-state index in [0.29, 0.717) is 6.04 Å². The van der Waals surface area contributed by atoms with Crippen LogP contribution in [0.4, 0.5) is 0 Å². The number of hydrogen-bond donors (Lipinski definition) is 1. The maximum atomic E-state index is 6.07. The molecule has 3 atom stereocenters. The lowest BCUT2D eigenvalue weighted by atomic mass is 9.82. The first-order valence-corrected chi connectivity index (χ1v) is 8.72. The van der Waals surface area contributed by atoms with Gasteiger partial charge in [0.15, 0.2) is 0 Å². The minimum Gasteiger partial charge on any atom is -0.374 e. The molecular weight excluding hydrogens is 238 g/mol. The molecule has 4 heteroatoms. The second-order valence-electron chi connectivity index (χ2n) is 4.94. The smallest absolute Gasteiger partial charge is 0.0783 e.